The quantitative estimate of drug-likeness (QED) is 0.252. The smallest absolute Gasteiger partial charge is 0.178 e. The zero-order valence-electron chi connectivity index (χ0n) is 21.1. The van der Waals surface area contributed by atoms with Crippen molar-refractivity contribution >= 4 is 22.1 Å². The van der Waals surface area contributed by atoms with Gasteiger partial charge in [-0.2, -0.15) is 5.10 Å². The number of imidazole rings is 1. The highest BCUT2D eigenvalue weighted by atomic mass is 19.1. The van der Waals surface area contributed by atoms with Crippen LogP contribution in [-0.2, 0) is 13.1 Å². The summed E-state index contributed by atoms with van der Waals surface area (Å²) in [5, 5.41) is 11.0. The average Bonchev–Trinajstić information content (AvgIpc) is 3.63. The zero-order chi connectivity index (χ0) is 26.9. The molecule has 9 nitrogen and oxygen atoms in total. The van der Waals surface area contributed by atoms with Crippen LogP contribution < -0.4 is 5.32 Å². The van der Waals surface area contributed by atoms with Gasteiger partial charge in [0.2, 0.25) is 0 Å². The Morgan fingerprint density at radius 1 is 0.775 bits per heavy atom. The van der Waals surface area contributed by atoms with Crippen molar-refractivity contribution in [2.45, 2.75) is 13.1 Å². The van der Waals surface area contributed by atoms with E-state index in [1.54, 1.807) is 37.2 Å². The number of hydrogen-bond donors (Lipinski definition) is 3. The van der Waals surface area contributed by atoms with Crippen LogP contribution in [-0.4, -0.2) is 40.1 Å². The van der Waals surface area contributed by atoms with Crippen LogP contribution in [0.1, 0.15) is 11.1 Å². The van der Waals surface area contributed by atoms with E-state index in [0.29, 0.717) is 40.2 Å². The summed E-state index contributed by atoms with van der Waals surface area (Å²) in [5.74, 6) is -0.100. The first kappa shape index (κ1) is 23.7. The molecule has 7 rings (SSSR count). The molecule has 7 aromatic rings. The number of halogens is 1. The number of rotatable bonds is 7. The molecule has 6 heterocycles. The third-order valence-electron chi connectivity index (χ3n) is 6.70. The molecule has 0 amide bonds. The molecule has 0 unspecified atom stereocenters. The predicted molar refractivity (Wildman–Crippen MR) is 150 cm³/mol. The van der Waals surface area contributed by atoms with Crippen molar-refractivity contribution in [2.75, 3.05) is 0 Å². The first-order valence-corrected chi connectivity index (χ1v) is 12.7. The Bertz CT molecular complexity index is 1950. The second-order valence-electron chi connectivity index (χ2n) is 9.34. The molecule has 1 aromatic carbocycles. The molecule has 0 saturated heterocycles. The molecule has 0 saturated carbocycles. The minimum absolute atomic E-state index is 0.192. The lowest BCUT2D eigenvalue weighted by molar-refractivity contribution is 0.638. The van der Waals surface area contributed by atoms with E-state index in [0.717, 1.165) is 28.8 Å². The van der Waals surface area contributed by atoms with E-state index in [4.69, 9.17) is 0 Å². The van der Waals surface area contributed by atoms with E-state index in [1.165, 1.54) is 5.56 Å². The van der Waals surface area contributed by atoms with E-state index in [1.807, 2.05) is 42.5 Å². The number of aromatic amines is 2. The Morgan fingerprint density at radius 3 is 2.52 bits per heavy atom. The molecule has 0 atom stereocenters. The predicted octanol–water partition coefficient (Wildman–Crippen LogP) is 5.45. The highest BCUT2D eigenvalue weighted by Gasteiger charge is 2.21. The van der Waals surface area contributed by atoms with Crippen molar-refractivity contribution in [3.05, 3.63) is 109 Å². The highest BCUT2D eigenvalue weighted by Crippen LogP contribution is 2.34. The minimum atomic E-state index is -0.502. The Labute approximate surface area is 227 Å². The van der Waals surface area contributed by atoms with E-state index >= 15 is 4.39 Å². The number of hydrogen-bond acceptors (Lipinski definition) is 7. The maximum absolute atomic E-state index is 16.1. The summed E-state index contributed by atoms with van der Waals surface area (Å²) in [5.41, 5.74) is 6.72. The standard InChI is InChI=1S/C30H22FN9/c31-25-24-23(17-36-26(25)21-11-19(14-34-16-21)13-33-12-18-5-2-1-3-6-18)39-40-28(24)30-37-27-22(8-10-35-29(27)38-30)20-7-4-9-32-15-20/h1-11,14-17,33H,12-13H2,(H,39,40)(H,35,37,38). The number of H-pyrrole nitrogens is 2. The van der Waals surface area contributed by atoms with E-state index in [-0.39, 0.29) is 5.69 Å². The van der Waals surface area contributed by atoms with Crippen molar-refractivity contribution in [3.8, 4) is 33.9 Å². The third-order valence-corrected chi connectivity index (χ3v) is 6.70. The van der Waals surface area contributed by atoms with Crippen molar-refractivity contribution in [1.29, 1.82) is 0 Å². The molecule has 0 aliphatic carbocycles. The monoisotopic (exact) mass is 527 g/mol. The largest absolute Gasteiger partial charge is 0.335 e. The molecule has 0 fully saturated rings. The van der Waals surface area contributed by atoms with Gasteiger partial charge in [-0.15, -0.1) is 0 Å². The van der Waals surface area contributed by atoms with Gasteiger partial charge in [-0.05, 0) is 29.3 Å². The van der Waals surface area contributed by atoms with E-state index in [9.17, 15) is 0 Å². The molecule has 0 aliphatic rings. The minimum Gasteiger partial charge on any atom is -0.335 e. The van der Waals surface area contributed by atoms with Crippen LogP contribution >= 0.6 is 0 Å². The van der Waals surface area contributed by atoms with Crippen LogP contribution in [0, 0.1) is 5.82 Å². The Hall–Kier alpha value is -5.35. The van der Waals surface area contributed by atoms with Gasteiger partial charge in [-0.25, -0.2) is 14.4 Å². The molecule has 6 aromatic heterocycles. The highest BCUT2D eigenvalue weighted by molar-refractivity contribution is 5.97. The van der Waals surface area contributed by atoms with Gasteiger partial charge < -0.3 is 10.3 Å². The Balaban J connectivity index is 1.23. The molecule has 10 heteroatoms. The van der Waals surface area contributed by atoms with E-state index in [2.05, 4.69) is 57.6 Å². The maximum atomic E-state index is 16.1. The first-order chi connectivity index (χ1) is 19.7. The fraction of sp³-hybridized carbons (Fsp3) is 0.0667. The molecule has 0 bridgehead atoms. The zero-order valence-corrected chi connectivity index (χ0v) is 21.1. The van der Waals surface area contributed by atoms with Gasteiger partial charge in [0.15, 0.2) is 17.3 Å². The van der Waals surface area contributed by atoms with E-state index < -0.39 is 5.82 Å². The maximum Gasteiger partial charge on any atom is 0.178 e. The summed E-state index contributed by atoms with van der Waals surface area (Å²) in [4.78, 5) is 25.3. The number of aromatic nitrogens is 8. The number of nitrogens with zero attached hydrogens (tertiary/aromatic N) is 6. The number of fused-ring (bicyclic) bond motifs is 2. The van der Waals surface area contributed by atoms with Crippen LogP contribution in [0.3, 0.4) is 0 Å². The SMILES string of the molecule is Fc1c(-c2cncc(CNCc3ccccc3)c2)ncc2[nH]nc(-c3nc4nccc(-c5cccnc5)c4[nH]3)c12. The van der Waals surface area contributed by atoms with Crippen molar-refractivity contribution < 1.29 is 4.39 Å². The molecule has 40 heavy (non-hydrogen) atoms. The van der Waals surface area contributed by atoms with Crippen LogP contribution in [0.25, 0.3) is 56.0 Å². The molecule has 0 spiro atoms. The van der Waals surface area contributed by atoms with Crippen LogP contribution in [0.2, 0.25) is 0 Å². The molecular weight excluding hydrogens is 505 g/mol. The van der Waals surface area contributed by atoms with Crippen molar-refractivity contribution in [1.82, 2.24) is 45.4 Å². The number of pyridine rings is 4. The summed E-state index contributed by atoms with van der Waals surface area (Å²) < 4.78 is 16.1. The molecule has 3 N–H and O–H groups in total. The van der Waals surface area contributed by atoms with Gasteiger partial charge in [0, 0.05) is 60.8 Å². The second-order valence-corrected chi connectivity index (χ2v) is 9.34. The molecule has 194 valence electrons. The summed E-state index contributed by atoms with van der Waals surface area (Å²) in [6.45, 7) is 1.30. The normalized spacial score (nSPS) is 11.4. The van der Waals surface area contributed by atoms with Gasteiger partial charge in [0.1, 0.15) is 11.4 Å². The van der Waals surface area contributed by atoms with Gasteiger partial charge >= 0.3 is 0 Å². The number of benzene rings is 1. The topological polar surface area (TPSA) is 121 Å². The van der Waals surface area contributed by atoms with Gasteiger partial charge in [0.05, 0.1) is 22.6 Å². The van der Waals surface area contributed by atoms with Crippen LogP contribution in [0.4, 0.5) is 4.39 Å². The summed E-state index contributed by atoms with van der Waals surface area (Å²) in [6, 6.07) is 17.8. The summed E-state index contributed by atoms with van der Waals surface area (Å²) in [7, 11) is 0. The molecule has 0 radical (unpaired) electrons. The first-order valence-electron chi connectivity index (χ1n) is 12.7. The average molecular weight is 528 g/mol. The molecule has 0 aliphatic heterocycles. The Kier molecular flexibility index (Phi) is 5.98. The van der Waals surface area contributed by atoms with Gasteiger partial charge in [0.25, 0.3) is 0 Å². The number of nitrogens with one attached hydrogen (secondary N) is 3. The van der Waals surface area contributed by atoms with Crippen molar-refractivity contribution in [3.63, 3.8) is 0 Å². The lowest BCUT2D eigenvalue weighted by Crippen LogP contribution is -2.12. The van der Waals surface area contributed by atoms with Crippen LogP contribution in [0.5, 0.6) is 0 Å². The fourth-order valence-corrected chi connectivity index (χ4v) is 4.79. The second kappa shape index (κ2) is 10.1. The molecular formula is C30H22FN9. The summed E-state index contributed by atoms with van der Waals surface area (Å²) >= 11 is 0. The van der Waals surface area contributed by atoms with Gasteiger partial charge in [-0.1, -0.05) is 36.4 Å². The lowest BCUT2D eigenvalue weighted by Gasteiger charge is -2.08. The third kappa shape index (κ3) is 4.36. The van der Waals surface area contributed by atoms with Crippen molar-refractivity contribution in [2.24, 2.45) is 0 Å². The Morgan fingerprint density at radius 2 is 1.65 bits per heavy atom. The lowest BCUT2D eigenvalue weighted by atomic mass is 10.1. The van der Waals surface area contributed by atoms with Crippen LogP contribution in [0.15, 0.2) is 91.8 Å². The van der Waals surface area contributed by atoms with Gasteiger partial charge in [-0.3, -0.25) is 20.1 Å². The summed E-state index contributed by atoms with van der Waals surface area (Å²) in [6.07, 6.45) is 10.1. The fourth-order valence-electron chi connectivity index (χ4n) is 4.79.